The standard InChI is InChI=1S/C12H14BrNO2/c1-16-12-3-2-9(8-11(12)13)14-6-4-10(15)5-7-14/h2-3,8H,4-7H2,1H3. The Morgan fingerprint density at radius 3 is 2.56 bits per heavy atom. The lowest BCUT2D eigenvalue weighted by Crippen LogP contribution is -2.33. The number of Topliss-reactive ketones (excluding diaryl/α,β-unsaturated/α-hetero) is 1. The summed E-state index contributed by atoms with van der Waals surface area (Å²) in [7, 11) is 1.65. The molecule has 0 spiro atoms. The van der Waals surface area contributed by atoms with E-state index in [1.807, 2.05) is 18.2 Å². The molecule has 1 heterocycles. The summed E-state index contributed by atoms with van der Waals surface area (Å²) in [4.78, 5) is 13.4. The number of halogens is 1. The number of ketones is 1. The number of nitrogens with zero attached hydrogens (tertiary/aromatic N) is 1. The molecule has 0 unspecified atom stereocenters. The molecular weight excluding hydrogens is 270 g/mol. The third kappa shape index (κ3) is 2.38. The molecule has 1 aromatic carbocycles. The number of piperidine rings is 1. The molecule has 0 aromatic heterocycles. The molecule has 0 bridgehead atoms. The Labute approximate surface area is 104 Å². The van der Waals surface area contributed by atoms with Gasteiger partial charge in [-0.25, -0.2) is 0 Å². The van der Waals surface area contributed by atoms with Crippen molar-refractivity contribution in [3.05, 3.63) is 22.7 Å². The Morgan fingerprint density at radius 1 is 1.31 bits per heavy atom. The quantitative estimate of drug-likeness (QED) is 0.836. The molecule has 0 aliphatic carbocycles. The summed E-state index contributed by atoms with van der Waals surface area (Å²) in [5.74, 6) is 1.20. The van der Waals surface area contributed by atoms with Gasteiger partial charge in [0, 0.05) is 31.6 Å². The first-order valence-corrected chi connectivity index (χ1v) is 6.10. The SMILES string of the molecule is COc1ccc(N2CCC(=O)CC2)cc1Br. The first-order valence-electron chi connectivity index (χ1n) is 5.31. The molecule has 16 heavy (non-hydrogen) atoms. The van der Waals surface area contributed by atoms with Gasteiger partial charge in [0.2, 0.25) is 0 Å². The van der Waals surface area contributed by atoms with Crippen LogP contribution in [0.1, 0.15) is 12.8 Å². The number of hydrogen-bond donors (Lipinski definition) is 0. The van der Waals surface area contributed by atoms with E-state index in [-0.39, 0.29) is 0 Å². The van der Waals surface area contributed by atoms with Crippen LogP contribution in [0.15, 0.2) is 22.7 Å². The van der Waals surface area contributed by atoms with Gasteiger partial charge in [-0.1, -0.05) is 0 Å². The Bertz CT molecular complexity index is 396. The molecule has 1 aliphatic heterocycles. The van der Waals surface area contributed by atoms with E-state index in [4.69, 9.17) is 4.74 Å². The summed E-state index contributed by atoms with van der Waals surface area (Å²) < 4.78 is 6.13. The van der Waals surface area contributed by atoms with E-state index in [0.717, 1.165) is 29.0 Å². The van der Waals surface area contributed by atoms with Crippen LogP contribution in [-0.4, -0.2) is 26.0 Å². The van der Waals surface area contributed by atoms with Gasteiger partial charge < -0.3 is 9.64 Å². The Hall–Kier alpha value is -1.03. The molecule has 1 aliphatic rings. The highest BCUT2D eigenvalue weighted by Crippen LogP contribution is 2.30. The number of benzene rings is 1. The van der Waals surface area contributed by atoms with Gasteiger partial charge in [0.25, 0.3) is 0 Å². The van der Waals surface area contributed by atoms with Crippen molar-refractivity contribution >= 4 is 27.4 Å². The van der Waals surface area contributed by atoms with Crippen molar-refractivity contribution in [2.24, 2.45) is 0 Å². The van der Waals surface area contributed by atoms with Crippen LogP contribution in [0, 0.1) is 0 Å². The zero-order chi connectivity index (χ0) is 11.5. The molecule has 0 saturated carbocycles. The second kappa shape index (κ2) is 4.87. The van der Waals surface area contributed by atoms with Crippen molar-refractivity contribution in [3.63, 3.8) is 0 Å². The number of methoxy groups -OCH3 is 1. The topological polar surface area (TPSA) is 29.5 Å². The summed E-state index contributed by atoms with van der Waals surface area (Å²) in [6.45, 7) is 1.63. The molecule has 0 radical (unpaired) electrons. The van der Waals surface area contributed by atoms with Gasteiger partial charge in [-0.15, -0.1) is 0 Å². The normalized spacial score (nSPS) is 16.4. The molecule has 0 amide bonds. The predicted octanol–water partition coefficient (Wildman–Crippen LogP) is 2.63. The maximum absolute atomic E-state index is 11.2. The number of carbonyl (C=O) groups excluding carboxylic acids is 1. The zero-order valence-electron chi connectivity index (χ0n) is 9.20. The van der Waals surface area contributed by atoms with E-state index < -0.39 is 0 Å². The van der Waals surface area contributed by atoms with Crippen LogP contribution >= 0.6 is 15.9 Å². The average Bonchev–Trinajstić information content (AvgIpc) is 2.30. The number of carbonyl (C=O) groups is 1. The fraction of sp³-hybridized carbons (Fsp3) is 0.417. The van der Waals surface area contributed by atoms with Crippen molar-refractivity contribution in [1.29, 1.82) is 0 Å². The molecule has 1 saturated heterocycles. The van der Waals surface area contributed by atoms with Crippen LogP contribution in [0.2, 0.25) is 0 Å². The summed E-state index contributed by atoms with van der Waals surface area (Å²) in [6, 6.07) is 6.00. The van der Waals surface area contributed by atoms with E-state index in [2.05, 4.69) is 20.8 Å². The molecule has 1 fully saturated rings. The Balaban J connectivity index is 2.15. The highest BCUT2D eigenvalue weighted by atomic mass is 79.9. The monoisotopic (exact) mass is 283 g/mol. The van der Waals surface area contributed by atoms with Crippen molar-refractivity contribution in [2.75, 3.05) is 25.1 Å². The molecule has 0 N–H and O–H groups in total. The third-order valence-corrected chi connectivity index (χ3v) is 3.44. The summed E-state index contributed by atoms with van der Waals surface area (Å²) in [5.41, 5.74) is 1.14. The van der Waals surface area contributed by atoms with Crippen LogP contribution in [0.4, 0.5) is 5.69 Å². The molecular formula is C12H14BrNO2. The molecule has 3 nitrogen and oxygen atoms in total. The lowest BCUT2D eigenvalue weighted by atomic mass is 10.1. The minimum absolute atomic E-state index is 0.365. The smallest absolute Gasteiger partial charge is 0.136 e. The highest BCUT2D eigenvalue weighted by Gasteiger charge is 2.17. The molecule has 1 aromatic rings. The molecule has 0 atom stereocenters. The van der Waals surface area contributed by atoms with Gasteiger partial charge in [-0.3, -0.25) is 4.79 Å². The first-order chi connectivity index (χ1) is 7.70. The largest absolute Gasteiger partial charge is 0.496 e. The summed E-state index contributed by atoms with van der Waals surface area (Å²) in [6.07, 6.45) is 1.31. The molecule has 4 heteroatoms. The van der Waals surface area contributed by atoms with Gasteiger partial charge in [-0.2, -0.15) is 0 Å². The van der Waals surface area contributed by atoms with Gasteiger partial charge in [0.05, 0.1) is 11.6 Å². The Morgan fingerprint density at radius 2 is 2.00 bits per heavy atom. The fourth-order valence-corrected chi connectivity index (χ4v) is 2.39. The second-order valence-corrected chi connectivity index (χ2v) is 4.70. The van der Waals surface area contributed by atoms with E-state index in [0.29, 0.717) is 18.6 Å². The zero-order valence-corrected chi connectivity index (χ0v) is 10.8. The van der Waals surface area contributed by atoms with Crippen LogP contribution in [0.3, 0.4) is 0 Å². The van der Waals surface area contributed by atoms with E-state index in [1.54, 1.807) is 7.11 Å². The van der Waals surface area contributed by atoms with Crippen LogP contribution < -0.4 is 9.64 Å². The van der Waals surface area contributed by atoms with E-state index >= 15 is 0 Å². The maximum Gasteiger partial charge on any atom is 0.136 e. The minimum Gasteiger partial charge on any atom is -0.496 e. The summed E-state index contributed by atoms with van der Waals surface area (Å²) >= 11 is 3.47. The number of hydrogen-bond acceptors (Lipinski definition) is 3. The average molecular weight is 284 g/mol. The first kappa shape index (κ1) is 11.5. The van der Waals surface area contributed by atoms with Crippen LogP contribution in [0.5, 0.6) is 5.75 Å². The predicted molar refractivity (Wildman–Crippen MR) is 67.1 cm³/mol. The molecule has 86 valence electrons. The van der Waals surface area contributed by atoms with E-state index in [9.17, 15) is 4.79 Å². The number of ether oxygens (including phenoxy) is 1. The van der Waals surface area contributed by atoms with E-state index in [1.165, 1.54) is 0 Å². The molecule has 2 rings (SSSR count). The summed E-state index contributed by atoms with van der Waals surface area (Å²) in [5, 5.41) is 0. The number of anilines is 1. The van der Waals surface area contributed by atoms with Crippen molar-refractivity contribution in [3.8, 4) is 5.75 Å². The van der Waals surface area contributed by atoms with Gasteiger partial charge in [0.15, 0.2) is 0 Å². The lowest BCUT2D eigenvalue weighted by Gasteiger charge is -2.28. The van der Waals surface area contributed by atoms with Crippen molar-refractivity contribution in [2.45, 2.75) is 12.8 Å². The second-order valence-electron chi connectivity index (χ2n) is 3.84. The Kier molecular flexibility index (Phi) is 3.49. The maximum atomic E-state index is 11.2. The van der Waals surface area contributed by atoms with Gasteiger partial charge in [-0.05, 0) is 34.1 Å². The van der Waals surface area contributed by atoms with Gasteiger partial charge >= 0.3 is 0 Å². The van der Waals surface area contributed by atoms with Gasteiger partial charge in [0.1, 0.15) is 11.5 Å². The highest BCUT2D eigenvalue weighted by molar-refractivity contribution is 9.10. The van der Waals surface area contributed by atoms with Crippen molar-refractivity contribution in [1.82, 2.24) is 0 Å². The number of rotatable bonds is 2. The minimum atomic E-state index is 0.365. The van der Waals surface area contributed by atoms with Crippen molar-refractivity contribution < 1.29 is 9.53 Å². The third-order valence-electron chi connectivity index (χ3n) is 2.82. The lowest BCUT2D eigenvalue weighted by molar-refractivity contribution is -0.119. The van der Waals surface area contributed by atoms with Crippen LogP contribution in [-0.2, 0) is 4.79 Å². The fourth-order valence-electron chi connectivity index (χ4n) is 1.87. The van der Waals surface area contributed by atoms with Crippen LogP contribution in [0.25, 0.3) is 0 Å².